The molecule has 0 saturated carbocycles. The molecule has 134 valence electrons. The van der Waals surface area contributed by atoms with E-state index in [1.165, 1.54) is 4.90 Å². The average molecular weight is 351 g/mol. The van der Waals surface area contributed by atoms with Crippen LogP contribution < -0.4 is 0 Å². The van der Waals surface area contributed by atoms with Gasteiger partial charge in [-0.05, 0) is 12.0 Å². The minimum absolute atomic E-state index is 0.129. The Hall–Kier alpha value is -2.92. The fourth-order valence-corrected chi connectivity index (χ4v) is 3.22. The normalized spacial score (nSPS) is 19.1. The van der Waals surface area contributed by atoms with Crippen LogP contribution in [0.2, 0.25) is 0 Å². The maximum Gasteiger partial charge on any atom is 0.295 e. The van der Waals surface area contributed by atoms with Crippen LogP contribution in [0.4, 0.5) is 0 Å². The average Bonchev–Trinajstić information content (AvgIpc) is 2.94. The van der Waals surface area contributed by atoms with E-state index in [2.05, 4.69) is 0 Å². The van der Waals surface area contributed by atoms with Crippen molar-refractivity contribution in [3.8, 4) is 0 Å². The van der Waals surface area contributed by atoms with Crippen molar-refractivity contribution in [3.05, 3.63) is 77.4 Å². The smallest absolute Gasteiger partial charge is 0.295 e. The van der Waals surface area contributed by atoms with Gasteiger partial charge in [-0.3, -0.25) is 9.59 Å². The van der Waals surface area contributed by atoms with E-state index in [0.29, 0.717) is 25.1 Å². The molecule has 1 aliphatic heterocycles. The van der Waals surface area contributed by atoms with Crippen LogP contribution in [0.5, 0.6) is 0 Å². The summed E-state index contributed by atoms with van der Waals surface area (Å²) in [4.78, 5) is 26.8. The summed E-state index contributed by atoms with van der Waals surface area (Å²) in [6.07, 6.45) is 0.609. The number of ether oxygens (including phenoxy) is 1. The molecule has 1 saturated heterocycles. The summed E-state index contributed by atoms with van der Waals surface area (Å²) >= 11 is 0. The molecule has 0 spiro atoms. The first-order chi connectivity index (χ1) is 12.6. The Morgan fingerprint density at radius 1 is 1.04 bits per heavy atom. The van der Waals surface area contributed by atoms with E-state index in [4.69, 9.17) is 4.74 Å². The van der Waals surface area contributed by atoms with Gasteiger partial charge in [-0.25, -0.2) is 0 Å². The van der Waals surface area contributed by atoms with Crippen molar-refractivity contribution in [2.45, 2.75) is 12.5 Å². The lowest BCUT2D eigenvalue weighted by Crippen LogP contribution is -2.31. The van der Waals surface area contributed by atoms with Crippen LogP contribution in [-0.2, 0) is 14.3 Å². The fourth-order valence-electron chi connectivity index (χ4n) is 3.22. The molecule has 0 unspecified atom stereocenters. The van der Waals surface area contributed by atoms with Crippen LogP contribution in [0, 0.1) is 0 Å². The van der Waals surface area contributed by atoms with E-state index in [1.54, 1.807) is 31.4 Å². The van der Waals surface area contributed by atoms with Gasteiger partial charge in [0.15, 0.2) is 0 Å². The number of likely N-dealkylation sites (tertiary alicyclic amines) is 1. The van der Waals surface area contributed by atoms with Crippen molar-refractivity contribution in [2.24, 2.45) is 0 Å². The van der Waals surface area contributed by atoms with Gasteiger partial charge in [0.2, 0.25) is 0 Å². The van der Waals surface area contributed by atoms with Crippen molar-refractivity contribution < 1.29 is 19.4 Å². The molecule has 0 bridgehead atoms. The molecule has 26 heavy (non-hydrogen) atoms. The quantitative estimate of drug-likeness (QED) is 0.376. The van der Waals surface area contributed by atoms with Gasteiger partial charge < -0.3 is 14.7 Å². The Morgan fingerprint density at radius 3 is 2.27 bits per heavy atom. The number of aliphatic hydroxyl groups is 1. The van der Waals surface area contributed by atoms with E-state index in [0.717, 1.165) is 5.56 Å². The summed E-state index contributed by atoms with van der Waals surface area (Å²) < 4.78 is 5.06. The van der Waals surface area contributed by atoms with E-state index in [1.807, 2.05) is 36.4 Å². The van der Waals surface area contributed by atoms with E-state index in [-0.39, 0.29) is 11.3 Å². The second-order valence-electron chi connectivity index (χ2n) is 6.12. The molecule has 2 aromatic carbocycles. The fraction of sp³-hybridized carbons (Fsp3) is 0.238. The van der Waals surface area contributed by atoms with Crippen LogP contribution in [0.3, 0.4) is 0 Å². The molecule has 5 nitrogen and oxygen atoms in total. The maximum atomic E-state index is 12.7. The van der Waals surface area contributed by atoms with Crippen molar-refractivity contribution in [2.75, 3.05) is 20.3 Å². The minimum Gasteiger partial charge on any atom is -0.507 e. The molecule has 1 N–H and O–H groups in total. The van der Waals surface area contributed by atoms with Crippen LogP contribution in [0.15, 0.2) is 66.2 Å². The Balaban J connectivity index is 2.09. The van der Waals surface area contributed by atoms with Crippen LogP contribution in [-0.4, -0.2) is 42.0 Å². The lowest BCUT2D eigenvalue weighted by atomic mass is 9.95. The first-order valence-corrected chi connectivity index (χ1v) is 8.53. The first kappa shape index (κ1) is 17.9. The molecule has 0 aliphatic carbocycles. The molecule has 0 aromatic heterocycles. The highest BCUT2D eigenvalue weighted by atomic mass is 16.5. The van der Waals surface area contributed by atoms with Crippen molar-refractivity contribution >= 4 is 17.4 Å². The summed E-state index contributed by atoms with van der Waals surface area (Å²) in [6.45, 7) is 0.868. The second kappa shape index (κ2) is 7.97. The van der Waals surface area contributed by atoms with E-state index >= 15 is 0 Å². The lowest BCUT2D eigenvalue weighted by molar-refractivity contribution is -0.140. The monoisotopic (exact) mass is 351 g/mol. The highest BCUT2D eigenvalue weighted by Crippen LogP contribution is 2.39. The van der Waals surface area contributed by atoms with Gasteiger partial charge in [0.25, 0.3) is 11.7 Å². The number of methoxy groups -OCH3 is 1. The molecule has 1 aliphatic rings. The molecule has 1 atom stereocenters. The molecule has 1 amide bonds. The number of nitrogens with zero attached hydrogens (tertiary/aromatic N) is 1. The number of benzene rings is 2. The SMILES string of the molecule is COCCCN1C(=O)C(=O)/C(=C(/O)c2ccccc2)[C@H]1c1ccccc1. The Bertz CT molecular complexity index is 814. The molecule has 5 heteroatoms. The minimum atomic E-state index is -0.655. The number of hydrogen-bond donors (Lipinski definition) is 1. The van der Waals surface area contributed by atoms with Gasteiger partial charge in [-0.15, -0.1) is 0 Å². The zero-order chi connectivity index (χ0) is 18.5. The molecule has 3 rings (SSSR count). The Labute approximate surface area is 152 Å². The summed E-state index contributed by atoms with van der Waals surface area (Å²) in [5.41, 5.74) is 1.44. The number of aliphatic hydroxyl groups excluding tert-OH is 1. The maximum absolute atomic E-state index is 12.7. The third-order valence-corrected chi connectivity index (χ3v) is 4.45. The topological polar surface area (TPSA) is 66.8 Å². The molecular formula is C21H21NO4. The predicted molar refractivity (Wildman–Crippen MR) is 98.4 cm³/mol. The number of carbonyl (C=O) groups excluding carboxylic acids is 2. The van der Waals surface area contributed by atoms with Gasteiger partial charge in [-0.1, -0.05) is 60.7 Å². The van der Waals surface area contributed by atoms with Crippen molar-refractivity contribution in [1.29, 1.82) is 0 Å². The first-order valence-electron chi connectivity index (χ1n) is 8.53. The Kier molecular flexibility index (Phi) is 5.49. The highest BCUT2D eigenvalue weighted by molar-refractivity contribution is 6.46. The largest absolute Gasteiger partial charge is 0.507 e. The van der Waals surface area contributed by atoms with Crippen molar-refractivity contribution in [1.82, 2.24) is 4.90 Å². The van der Waals surface area contributed by atoms with E-state index < -0.39 is 17.7 Å². The van der Waals surface area contributed by atoms with Crippen molar-refractivity contribution in [3.63, 3.8) is 0 Å². The zero-order valence-corrected chi connectivity index (χ0v) is 14.6. The third kappa shape index (κ3) is 3.39. The number of Topliss-reactive ketones (excluding diaryl/α,β-unsaturated/α-hetero) is 1. The number of rotatable bonds is 6. The molecule has 2 aromatic rings. The third-order valence-electron chi connectivity index (χ3n) is 4.45. The number of ketones is 1. The molecular weight excluding hydrogens is 330 g/mol. The second-order valence-corrected chi connectivity index (χ2v) is 6.12. The zero-order valence-electron chi connectivity index (χ0n) is 14.6. The highest BCUT2D eigenvalue weighted by Gasteiger charge is 2.45. The van der Waals surface area contributed by atoms with Gasteiger partial charge in [0, 0.05) is 25.8 Å². The van der Waals surface area contributed by atoms with E-state index in [9.17, 15) is 14.7 Å². The number of hydrogen-bond acceptors (Lipinski definition) is 4. The van der Waals surface area contributed by atoms with Crippen LogP contribution in [0.1, 0.15) is 23.6 Å². The number of carbonyl (C=O) groups is 2. The van der Waals surface area contributed by atoms with Gasteiger partial charge >= 0.3 is 0 Å². The lowest BCUT2D eigenvalue weighted by Gasteiger charge is -2.25. The Morgan fingerprint density at radius 2 is 1.65 bits per heavy atom. The molecule has 1 heterocycles. The van der Waals surface area contributed by atoms with Crippen LogP contribution >= 0.6 is 0 Å². The molecule has 0 radical (unpaired) electrons. The number of amides is 1. The van der Waals surface area contributed by atoms with Gasteiger partial charge in [-0.2, -0.15) is 0 Å². The summed E-state index contributed by atoms with van der Waals surface area (Å²) in [7, 11) is 1.60. The van der Waals surface area contributed by atoms with Gasteiger partial charge in [0.05, 0.1) is 11.6 Å². The summed E-state index contributed by atoms with van der Waals surface area (Å²) in [5.74, 6) is -1.39. The van der Waals surface area contributed by atoms with Crippen LogP contribution in [0.25, 0.3) is 5.76 Å². The molecule has 1 fully saturated rings. The van der Waals surface area contributed by atoms with Gasteiger partial charge in [0.1, 0.15) is 5.76 Å². The summed E-state index contributed by atoms with van der Waals surface area (Å²) in [6, 6.07) is 17.5. The predicted octanol–water partition coefficient (Wildman–Crippen LogP) is 3.14. The summed E-state index contributed by atoms with van der Waals surface area (Å²) in [5, 5.41) is 10.8. The standard InChI is InChI=1S/C21H21NO4/c1-26-14-8-13-22-18(15-9-4-2-5-10-15)17(20(24)21(22)25)19(23)16-11-6-3-7-12-16/h2-7,9-12,18,23H,8,13-14H2,1H3/b19-17+/t18-/m1/s1.